The molecule has 0 atom stereocenters. The summed E-state index contributed by atoms with van der Waals surface area (Å²) in [5.74, 6) is -0.849. The maximum absolute atomic E-state index is 11.2. The van der Waals surface area contributed by atoms with Crippen molar-refractivity contribution in [2.24, 2.45) is 0 Å². The van der Waals surface area contributed by atoms with Crippen molar-refractivity contribution >= 4 is 23.3 Å². The van der Waals surface area contributed by atoms with Crippen molar-refractivity contribution in [3.05, 3.63) is 47.4 Å². The van der Waals surface area contributed by atoms with E-state index in [-0.39, 0.29) is 11.5 Å². The third kappa shape index (κ3) is 2.02. The van der Waals surface area contributed by atoms with Crippen molar-refractivity contribution < 1.29 is 9.90 Å². The molecule has 0 aliphatic rings. The first-order valence-corrected chi connectivity index (χ1v) is 5.73. The molecular formula is C12H7ClN4O2. The van der Waals surface area contributed by atoms with Gasteiger partial charge < -0.3 is 5.11 Å². The van der Waals surface area contributed by atoms with E-state index in [1.807, 2.05) is 0 Å². The topological polar surface area (TPSA) is 80.4 Å². The molecule has 0 fully saturated rings. The van der Waals surface area contributed by atoms with Crippen molar-refractivity contribution in [1.29, 1.82) is 0 Å². The van der Waals surface area contributed by atoms with Crippen LogP contribution in [0.3, 0.4) is 0 Å². The van der Waals surface area contributed by atoms with Crippen LogP contribution in [0, 0.1) is 0 Å². The first-order chi connectivity index (χ1) is 9.15. The van der Waals surface area contributed by atoms with Gasteiger partial charge in [-0.05, 0) is 18.2 Å². The minimum Gasteiger partial charge on any atom is -0.477 e. The van der Waals surface area contributed by atoms with Gasteiger partial charge in [-0.15, -0.1) is 0 Å². The number of halogens is 1. The highest BCUT2D eigenvalue weighted by Crippen LogP contribution is 2.21. The van der Waals surface area contributed by atoms with Crippen LogP contribution in [0.2, 0.25) is 5.02 Å². The summed E-state index contributed by atoms with van der Waals surface area (Å²) >= 11 is 5.82. The lowest BCUT2D eigenvalue weighted by Crippen LogP contribution is -2.08. The first kappa shape index (κ1) is 11.6. The molecule has 0 saturated heterocycles. The van der Waals surface area contributed by atoms with Crippen molar-refractivity contribution in [2.45, 2.75) is 0 Å². The Labute approximate surface area is 112 Å². The second kappa shape index (κ2) is 4.33. The van der Waals surface area contributed by atoms with E-state index < -0.39 is 5.97 Å². The Bertz CT molecular complexity index is 767. The summed E-state index contributed by atoms with van der Waals surface area (Å²) in [7, 11) is 0. The number of aromatic carboxylic acids is 1. The number of carboxylic acids is 1. The number of hydrogen-bond acceptors (Lipinski definition) is 4. The van der Waals surface area contributed by atoms with E-state index in [0.29, 0.717) is 10.7 Å². The van der Waals surface area contributed by atoms with Gasteiger partial charge in [0.2, 0.25) is 0 Å². The maximum Gasteiger partial charge on any atom is 0.354 e. The van der Waals surface area contributed by atoms with Gasteiger partial charge in [-0.3, -0.25) is 0 Å². The monoisotopic (exact) mass is 274 g/mol. The molecular weight excluding hydrogens is 268 g/mol. The highest BCUT2D eigenvalue weighted by atomic mass is 35.5. The van der Waals surface area contributed by atoms with E-state index in [1.165, 1.54) is 16.9 Å². The summed E-state index contributed by atoms with van der Waals surface area (Å²) in [6, 6.07) is 8.42. The smallest absolute Gasteiger partial charge is 0.354 e. The number of fused-ring (bicyclic) bond motifs is 1. The van der Waals surface area contributed by atoms with Crippen molar-refractivity contribution in [1.82, 2.24) is 19.6 Å². The molecule has 1 aromatic carbocycles. The minimum absolute atomic E-state index is 0.00690. The van der Waals surface area contributed by atoms with Crippen LogP contribution in [0.15, 0.2) is 36.7 Å². The van der Waals surface area contributed by atoms with Crippen LogP contribution in [0.1, 0.15) is 10.5 Å². The Balaban J connectivity index is 2.24. The average molecular weight is 275 g/mol. The number of aromatic nitrogens is 4. The number of nitrogens with zero attached hydrogens (tertiary/aromatic N) is 4. The molecule has 2 aromatic heterocycles. The Hall–Kier alpha value is -2.47. The summed E-state index contributed by atoms with van der Waals surface area (Å²) in [5, 5.41) is 13.6. The Morgan fingerprint density at radius 3 is 2.68 bits per heavy atom. The lowest BCUT2D eigenvalue weighted by molar-refractivity contribution is 0.0687. The van der Waals surface area contributed by atoms with E-state index in [9.17, 15) is 9.90 Å². The van der Waals surface area contributed by atoms with Crippen molar-refractivity contribution in [3.8, 4) is 11.3 Å². The molecule has 3 aromatic rings. The SMILES string of the molecule is O=C(O)c1cc(-c2ccc(Cl)cc2)nc2ncnn12. The second-order valence-corrected chi connectivity index (χ2v) is 4.25. The fourth-order valence-electron chi connectivity index (χ4n) is 1.73. The molecule has 0 aliphatic heterocycles. The number of carbonyl (C=O) groups is 1. The standard InChI is InChI=1S/C12H7ClN4O2/c13-8-3-1-7(2-4-8)9-5-10(11(18)19)17-12(16-9)14-6-15-17/h1-6H,(H,18,19). The summed E-state index contributed by atoms with van der Waals surface area (Å²) in [5.41, 5.74) is 1.28. The predicted octanol–water partition coefficient (Wildman–Crippen LogP) is 2.14. The number of benzene rings is 1. The first-order valence-electron chi connectivity index (χ1n) is 5.35. The van der Waals surface area contributed by atoms with Crippen LogP contribution in [0.4, 0.5) is 0 Å². The zero-order chi connectivity index (χ0) is 13.4. The van der Waals surface area contributed by atoms with Gasteiger partial charge in [-0.1, -0.05) is 23.7 Å². The van der Waals surface area contributed by atoms with Gasteiger partial charge in [0.1, 0.15) is 6.33 Å². The second-order valence-electron chi connectivity index (χ2n) is 3.81. The van der Waals surface area contributed by atoms with Crippen LogP contribution >= 0.6 is 11.6 Å². The lowest BCUT2D eigenvalue weighted by atomic mass is 10.1. The molecule has 0 amide bonds. The van der Waals surface area contributed by atoms with Crippen LogP contribution < -0.4 is 0 Å². The third-order valence-corrected chi connectivity index (χ3v) is 2.86. The molecule has 19 heavy (non-hydrogen) atoms. The summed E-state index contributed by atoms with van der Waals surface area (Å²) in [6.45, 7) is 0. The molecule has 94 valence electrons. The predicted molar refractivity (Wildman–Crippen MR) is 68.2 cm³/mol. The third-order valence-electron chi connectivity index (χ3n) is 2.61. The van der Waals surface area contributed by atoms with Gasteiger partial charge in [-0.2, -0.15) is 14.6 Å². The maximum atomic E-state index is 11.2. The van der Waals surface area contributed by atoms with Gasteiger partial charge in [0, 0.05) is 10.6 Å². The van der Waals surface area contributed by atoms with Gasteiger partial charge in [0.25, 0.3) is 5.78 Å². The molecule has 0 saturated carbocycles. The van der Waals surface area contributed by atoms with Gasteiger partial charge in [0.05, 0.1) is 5.69 Å². The van der Waals surface area contributed by atoms with E-state index in [0.717, 1.165) is 5.56 Å². The van der Waals surface area contributed by atoms with Crippen LogP contribution in [-0.2, 0) is 0 Å². The average Bonchev–Trinajstić information content (AvgIpc) is 2.86. The fourth-order valence-corrected chi connectivity index (χ4v) is 1.86. The molecule has 0 spiro atoms. The summed E-state index contributed by atoms with van der Waals surface area (Å²) in [4.78, 5) is 19.4. The van der Waals surface area contributed by atoms with Crippen LogP contribution in [-0.4, -0.2) is 30.7 Å². The number of hydrogen-bond donors (Lipinski definition) is 1. The molecule has 0 aliphatic carbocycles. The zero-order valence-corrected chi connectivity index (χ0v) is 10.2. The highest BCUT2D eigenvalue weighted by molar-refractivity contribution is 6.30. The fraction of sp³-hybridized carbons (Fsp3) is 0. The minimum atomic E-state index is -1.09. The van der Waals surface area contributed by atoms with Gasteiger partial charge in [-0.25, -0.2) is 9.78 Å². The molecule has 1 N–H and O–H groups in total. The van der Waals surface area contributed by atoms with Gasteiger partial charge in [0.15, 0.2) is 5.69 Å². The normalized spacial score (nSPS) is 10.8. The Morgan fingerprint density at radius 2 is 2.00 bits per heavy atom. The highest BCUT2D eigenvalue weighted by Gasteiger charge is 2.14. The molecule has 0 unspecified atom stereocenters. The van der Waals surface area contributed by atoms with Crippen LogP contribution in [0.25, 0.3) is 17.0 Å². The quantitative estimate of drug-likeness (QED) is 0.774. The van der Waals surface area contributed by atoms with Crippen molar-refractivity contribution in [2.75, 3.05) is 0 Å². The summed E-state index contributed by atoms with van der Waals surface area (Å²) in [6.07, 6.45) is 1.26. The Morgan fingerprint density at radius 1 is 1.26 bits per heavy atom. The van der Waals surface area contributed by atoms with E-state index >= 15 is 0 Å². The molecule has 0 bridgehead atoms. The molecule has 0 radical (unpaired) electrons. The van der Waals surface area contributed by atoms with Crippen LogP contribution in [0.5, 0.6) is 0 Å². The number of rotatable bonds is 2. The van der Waals surface area contributed by atoms with E-state index in [1.54, 1.807) is 24.3 Å². The molecule has 7 heteroatoms. The van der Waals surface area contributed by atoms with Gasteiger partial charge >= 0.3 is 5.97 Å². The zero-order valence-electron chi connectivity index (χ0n) is 9.49. The van der Waals surface area contributed by atoms with E-state index in [4.69, 9.17) is 11.6 Å². The largest absolute Gasteiger partial charge is 0.477 e. The van der Waals surface area contributed by atoms with E-state index in [2.05, 4.69) is 15.1 Å². The van der Waals surface area contributed by atoms with Crippen molar-refractivity contribution in [3.63, 3.8) is 0 Å². The molecule has 3 rings (SSSR count). The lowest BCUT2D eigenvalue weighted by Gasteiger charge is -2.04. The Kier molecular flexibility index (Phi) is 2.64. The molecule has 2 heterocycles. The number of carboxylic acid groups (broad SMARTS) is 1. The molecule has 6 nitrogen and oxygen atoms in total. The summed E-state index contributed by atoms with van der Waals surface area (Å²) < 4.78 is 1.18.